The van der Waals surface area contributed by atoms with Crippen molar-refractivity contribution in [3.63, 3.8) is 0 Å². The van der Waals surface area contributed by atoms with E-state index in [-0.39, 0.29) is 0 Å². The van der Waals surface area contributed by atoms with Crippen LogP contribution in [0.1, 0.15) is 11.4 Å². The van der Waals surface area contributed by atoms with Crippen molar-refractivity contribution in [3.05, 3.63) is 16.6 Å². The molecule has 1 aromatic rings. The molecule has 66 valence electrons. The molecule has 1 aliphatic heterocycles. The molecule has 1 atom stereocenters. The van der Waals surface area contributed by atoms with Crippen molar-refractivity contribution in [2.75, 3.05) is 11.5 Å². The van der Waals surface area contributed by atoms with Crippen LogP contribution in [0, 0.1) is 0 Å². The molecule has 1 N–H and O–H groups in total. The molecule has 0 aromatic carbocycles. The van der Waals surface area contributed by atoms with Gasteiger partial charge >= 0.3 is 0 Å². The van der Waals surface area contributed by atoms with Gasteiger partial charge in [-0.25, -0.2) is 4.98 Å². The van der Waals surface area contributed by atoms with E-state index in [1.54, 1.807) is 11.3 Å². The highest BCUT2D eigenvalue weighted by atomic mass is 32.2. The van der Waals surface area contributed by atoms with Crippen LogP contribution in [0.15, 0.2) is 11.6 Å². The molecule has 2 nitrogen and oxygen atoms in total. The van der Waals surface area contributed by atoms with Gasteiger partial charge in [0.15, 0.2) is 0 Å². The van der Waals surface area contributed by atoms with Crippen LogP contribution in [-0.2, 0) is 6.54 Å². The number of hydrogen-bond acceptors (Lipinski definition) is 4. The minimum atomic E-state index is 0.721. The molecule has 12 heavy (non-hydrogen) atoms. The summed E-state index contributed by atoms with van der Waals surface area (Å²) < 4.78 is 0. The Morgan fingerprint density at radius 2 is 2.67 bits per heavy atom. The zero-order valence-corrected chi connectivity index (χ0v) is 8.46. The van der Waals surface area contributed by atoms with E-state index >= 15 is 0 Å². The van der Waals surface area contributed by atoms with E-state index in [0.29, 0.717) is 0 Å². The lowest BCUT2D eigenvalue weighted by atomic mass is 10.3. The molecule has 0 bridgehead atoms. The molecule has 0 saturated carbocycles. The molecule has 0 radical (unpaired) electrons. The van der Waals surface area contributed by atoms with Gasteiger partial charge in [-0.1, -0.05) is 0 Å². The Balaban J connectivity index is 1.74. The number of rotatable bonds is 3. The first kappa shape index (κ1) is 8.53. The summed E-state index contributed by atoms with van der Waals surface area (Å²) in [6.07, 6.45) is 3.18. The summed E-state index contributed by atoms with van der Waals surface area (Å²) in [6, 6.07) is 0.721. The second kappa shape index (κ2) is 4.25. The Kier molecular flexibility index (Phi) is 3.03. The Bertz CT molecular complexity index is 217. The van der Waals surface area contributed by atoms with Crippen molar-refractivity contribution in [1.29, 1.82) is 0 Å². The number of aromatic nitrogens is 1. The van der Waals surface area contributed by atoms with E-state index in [1.165, 1.54) is 22.9 Å². The highest BCUT2D eigenvalue weighted by Gasteiger charge is 2.14. The van der Waals surface area contributed by atoms with E-state index in [9.17, 15) is 0 Å². The van der Waals surface area contributed by atoms with Gasteiger partial charge in [0.2, 0.25) is 0 Å². The van der Waals surface area contributed by atoms with Crippen LogP contribution in [0.5, 0.6) is 0 Å². The van der Waals surface area contributed by atoms with E-state index < -0.39 is 0 Å². The minimum Gasteiger partial charge on any atom is -0.307 e. The predicted octanol–water partition coefficient (Wildman–Crippen LogP) is 1.74. The van der Waals surface area contributed by atoms with Crippen LogP contribution >= 0.6 is 23.1 Å². The third kappa shape index (κ3) is 2.21. The van der Waals surface area contributed by atoms with Crippen molar-refractivity contribution >= 4 is 23.1 Å². The monoisotopic (exact) mass is 200 g/mol. The summed E-state index contributed by atoms with van der Waals surface area (Å²) in [7, 11) is 0. The summed E-state index contributed by atoms with van der Waals surface area (Å²) in [6.45, 7) is 0.947. The quantitative estimate of drug-likeness (QED) is 0.804. The van der Waals surface area contributed by atoms with Crippen molar-refractivity contribution in [3.8, 4) is 0 Å². The maximum atomic E-state index is 4.23. The number of nitrogens with one attached hydrogen (secondary N) is 1. The summed E-state index contributed by atoms with van der Waals surface area (Å²) >= 11 is 3.77. The second-order valence-electron chi connectivity index (χ2n) is 2.87. The topological polar surface area (TPSA) is 24.9 Å². The lowest BCUT2D eigenvalue weighted by Crippen LogP contribution is -2.27. The average Bonchev–Trinajstić information content (AvgIpc) is 2.74. The third-order valence-electron chi connectivity index (χ3n) is 1.96. The SMILES string of the molecule is c1csc(CNC2CCSC2)n1. The number of nitrogens with zero attached hydrogens (tertiary/aromatic N) is 1. The molecule has 0 amide bonds. The van der Waals surface area contributed by atoms with E-state index in [4.69, 9.17) is 0 Å². The molecule has 1 aliphatic rings. The van der Waals surface area contributed by atoms with E-state index in [2.05, 4.69) is 10.3 Å². The van der Waals surface area contributed by atoms with E-state index in [0.717, 1.165) is 12.6 Å². The first-order valence-corrected chi connectivity index (χ1v) is 6.18. The van der Waals surface area contributed by atoms with Gasteiger partial charge in [0.25, 0.3) is 0 Å². The first-order valence-electron chi connectivity index (χ1n) is 4.14. The number of thioether (sulfide) groups is 1. The first-order chi connectivity index (χ1) is 5.95. The zero-order chi connectivity index (χ0) is 8.23. The molecule has 2 heterocycles. The van der Waals surface area contributed by atoms with Crippen LogP contribution in [0.25, 0.3) is 0 Å². The number of thiazole rings is 1. The molecule has 1 unspecified atom stereocenters. The van der Waals surface area contributed by atoms with Gasteiger partial charge in [0.05, 0.1) is 0 Å². The molecule has 4 heteroatoms. The summed E-state index contributed by atoms with van der Waals surface area (Å²) in [5, 5.41) is 6.74. The van der Waals surface area contributed by atoms with Crippen molar-refractivity contribution in [1.82, 2.24) is 10.3 Å². The van der Waals surface area contributed by atoms with Gasteiger partial charge in [0.1, 0.15) is 5.01 Å². The fraction of sp³-hybridized carbons (Fsp3) is 0.625. The van der Waals surface area contributed by atoms with Gasteiger partial charge in [-0.05, 0) is 12.2 Å². The van der Waals surface area contributed by atoms with Gasteiger partial charge in [-0.15, -0.1) is 11.3 Å². The largest absolute Gasteiger partial charge is 0.307 e. The molecular formula is C8H12N2S2. The summed E-state index contributed by atoms with van der Waals surface area (Å²) in [5.74, 6) is 2.58. The maximum absolute atomic E-state index is 4.23. The minimum absolute atomic E-state index is 0.721. The Labute approximate surface area is 80.8 Å². The standard InChI is InChI=1S/C8H12N2S2/c1-3-11-6-7(1)10-5-8-9-2-4-12-8/h2,4,7,10H,1,3,5-6H2. The molecule has 0 spiro atoms. The van der Waals surface area contributed by atoms with Crippen LogP contribution in [0.3, 0.4) is 0 Å². The average molecular weight is 200 g/mol. The van der Waals surface area contributed by atoms with Crippen LogP contribution in [0.4, 0.5) is 0 Å². The van der Waals surface area contributed by atoms with Crippen LogP contribution < -0.4 is 5.32 Å². The fourth-order valence-electron chi connectivity index (χ4n) is 1.27. The Hall–Kier alpha value is -0.0600. The molecule has 0 aliphatic carbocycles. The van der Waals surface area contributed by atoms with Crippen LogP contribution in [-0.4, -0.2) is 22.5 Å². The molecule has 1 fully saturated rings. The van der Waals surface area contributed by atoms with Crippen molar-refractivity contribution < 1.29 is 0 Å². The summed E-state index contributed by atoms with van der Waals surface area (Å²) in [5.41, 5.74) is 0. The van der Waals surface area contributed by atoms with Gasteiger partial charge in [-0.2, -0.15) is 11.8 Å². The smallest absolute Gasteiger partial charge is 0.106 e. The van der Waals surface area contributed by atoms with Gasteiger partial charge in [0, 0.05) is 29.9 Å². The highest BCUT2D eigenvalue weighted by Crippen LogP contribution is 2.17. The summed E-state index contributed by atoms with van der Waals surface area (Å²) in [4.78, 5) is 4.23. The fourth-order valence-corrected chi connectivity index (χ4v) is 3.02. The van der Waals surface area contributed by atoms with Crippen molar-refractivity contribution in [2.45, 2.75) is 19.0 Å². The lowest BCUT2D eigenvalue weighted by Gasteiger charge is -2.08. The Morgan fingerprint density at radius 1 is 1.67 bits per heavy atom. The van der Waals surface area contributed by atoms with Crippen molar-refractivity contribution in [2.24, 2.45) is 0 Å². The highest BCUT2D eigenvalue weighted by molar-refractivity contribution is 7.99. The van der Waals surface area contributed by atoms with Gasteiger partial charge < -0.3 is 5.32 Å². The van der Waals surface area contributed by atoms with Crippen LogP contribution in [0.2, 0.25) is 0 Å². The second-order valence-corrected chi connectivity index (χ2v) is 5.00. The van der Waals surface area contributed by atoms with E-state index in [1.807, 2.05) is 23.3 Å². The number of hydrogen-bond donors (Lipinski definition) is 1. The Morgan fingerprint density at radius 3 is 3.33 bits per heavy atom. The normalized spacial score (nSPS) is 23.2. The predicted molar refractivity (Wildman–Crippen MR) is 54.7 cm³/mol. The lowest BCUT2D eigenvalue weighted by molar-refractivity contribution is 0.557. The maximum Gasteiger partial charge on any atom is 0.106 e. The zero-order valence-electron chi connectivity index (χ0n) is 6.82. The molecule has 1 saturated heterocycles. The van der Waals surface area contributed by atoms with Gasteiger partial charge in [-0.3, -0.25) is 0 Å². The molecule has 2 rings (SSSR count). The molecule has 1 aromatic heterocycles. The third-order valence-corrected chi connectivity index (χ3v) is 3.90. The molecular weight excluding hydrogens is 188 g/mol.